The fourth-order valence-corrected chi connectivity index (χ4v) is 1.62. The molecule has 1 aromatic carbocycles. The average molecular weight is 290 g/mol. The number of hydrogen-bond acceptors (Lipinski definition) is 5. The number of hydrogen-bond donors (Lipinski definition) is 2. The van der Waals surface area contributed by atoms with Gasteiger partial charge in [-0.15, -0.1) is 0 Å². The Hall–Kier alpha value is -1.64. The zero-order valence-corrected chi connectivity index (χ0v) is 10.9. The Morgan fingerprint density at radius 2 is 2.15 bits per heavy atom. The molecule has 0 spiro atoms. The number of aliphatic hydroxyl groups excluding tert-OH is 1. The van der Waals surface area contributed by atoms with Gasteiger partial charge >= 0.3 is 5.69 Å². The molecule has 0 heterocycles. The molecule has 0 bridgehead atoms. The number of halogens is 2. The van der Waals surface area contributed by atoms with Crippen LogP contribution in [-0.2, 0) is 11.3 Å². The van der Waals surface area contributed by atoms with Gasteiger partial charge < -0.3 is 15.2 Å². The number of nitro groups is 1. The monoisotopic (exact) mass is 290 g/mol. The summed E-state index contributed by atoms with van der Waals surface area (Å²) >= 11 is 0. The summed E-state index contributed by atoms with van der Waals surface area (Å²) in [6.07, 6.45) is -0.251. The van der Waals surface area contributed by atoms with Crippen molar-refractivity contribution >= 4 is 5.69 Å². The van der Waals surface area contributed by atoms with E-state index in [1.165, 1.54) is 7.11 Å². The molecule has 0 amide bonds. The number of nitrogens with zero attached hydrogens (tertiary/aromatic N) is 1. The van der Waals surface area contributed by atoms with Gasteiger partial charge in [0.1, 0.15) is 5.82 Å². The van der Waals surface area contributed by atoms with Gasteiger partial charge in [-0.25, -0.2) is 4.39 Å². The van der Waals surface area contributed by atoms with Crippen LogP contribution in [0.4, 0.5) is 14.5 Å². The summed E-state index contributed by atoms with van der Waals surface area (Å²) in [5.41, 5.74) is -0.762. The van der Waals surface area contributed by atoms with Crippen LogP contribution in [0.2, 0.25) is 0 Å². The molecule has 2 N–H and O–H groups in total. The minimum absolute atomic E-state index is 0.000619. The molecule has 1 unspecified atom stereocenters. The van der Waals surface area contributed by atoms with E-state index in [-0.39, 0.29) is 18.7 Å². The molecule has 112 valence electrons. The van der Waals surface area contributed by atoms with Gasteiger partial charge in [0.05, 0.1) is 17.6 Å². The lowest BCUT2D eigenvalue weighted by Crippen LogP contribution is -2.23. The fraction of sp³-hybridized carbons (Fsp3) is 0.500. The van der Waals surface area contributed by atoms with Crippen LogP contribution in [0, 0.1) is 21.7 Å². The maximum absolute atomic E-state index is 13.4. The molecule has 1 rings (SSSR count). The number of methoxy groups -OCH3 is 1. The van der Waals surface area contributed by atoms with E-state index in [4.69, 9.17) is 4.74 Å². The normalized spacial score (nSPS) is 12.4. The minimum atomic E-state index is -1.20. The number of ether oxygens (including phenoxy) is 1. The van der Waals surface area contributed by atoms with Crippen molar-refractivity contribution in [1.29, 1.82) is 0 Å². The highest BCUT2D eigenvalue weighted by Gasteiger charge is 2.18. The summed E-state index contributed by atoms with van der Waals surface area (Å²) < 4.78 is 31.3. The molecule has 6 nitrogen and oxygen atoms in total. The van der Waals surface area contributed by atoms with Gasteiger partial charge in [0.25, 0.3) is 0 Å². The Morgan fingerprint density at radius 3 is 2.75 bits per heavy atom. The van der Waals surface area contributed by atoms with Crippen LogP contribution in [-0.4, -0.2) is 36.4 Å². The molecular formula is C12H16F2N2O4. The molecule has 20 heavy (non-hydrogen) atoms. The molecule has 1 aromatic rings. The molecule has 0 aliphatic rings. The van der Waals surface area contributed by atoms with Crippen molar-refractivity contribution in [2.24, 2.45) is 0 Å². The standard InChI is InChI=1S/C12H16F2N2O4/c1-20-7-9(17)2-3-15-6-8-4-12(16(18)19)11(14)5-10(8)13/h4-5,9,15,17H,2-3,6-7H2,1H3. The van der Waals surface area contributed by atoms with Gasteiger partial charge in [-0.05, 0) is 13.0 Å². The lowest BCUT2D eigenvalue weighted by atomic mass is 10.1. The van der Waals surface area contributed by atoms with Gasteiger partial charge in [-0.3, -0.25) is 10.1 Å². The zero-order valence-electron chi connectivity index (χ0n) is 10.9. The Balaban J connectivity index is 2.56. The van der Waals surface area contributed by atoms with Crippen molar-refractivity contribution < 1.29 is 23.5 Å². The summed E-state index contributed by atoms with van der Waals surface area (Å²) in [5.74, 6) is -2.05. The molecule has 0 aliphatic heterocycles. The van der Waals surface area contributed by atoms with E-state index in [0.29, 0.717) is 19.0 Å². The first-order valence-corrected chi connectivity index (χ1v) is 5.95. The number of benzene rings is 1. The molecule has 8 heteroatoms. The summed E-state index contributed by atoms with van der Waals surface area (Å²) in [4.78, 5) is 9.65. The van der Waals surface area contributed by atoms with Crippen LogP contribution >= 0.6 is 0 Å². The van der Waals surface area contributed by atoms with Crippen molar-refractivity contribution in [3.63, 3.8) is 0 Å². The molecular weight excluding hydrogens is 274 g/mol. The van der Waals surface area contributed by atoms with Crippen LogP contribution in [0.25, 0.3) is 0 Å². The highest BCUT2D eigenvalue weighted by Crippen LogP contribution is 2.21. The molecule has 0 fully saturated rings. The first kappa shape index (κ1) is 16.4. The molecule has 0 aromatic heterocycles. The lowest BCUT2D eigenvalue weighted by Gasteiger charge is -2.10. The number of nitrogens with one attached hydrogen (secondary N) is 1. The van der Waals surface area contributed by atoms with E-state index in [1.807, 2.05) is 0 Å². The van der Waals surface area contributed by atoms with E-state index in [9.17, 15) is 24.0 Å². The predicted octanol–water partition coefficient (Wildman–Crippen LogP) is 1.36. The second-order valence-electron chi connectivity index (χ2n) is 4.23. The second kappa shape index (κ2) is 7.83. The summed E-state index contributed by atoms with van der Waals surface area (Å²) in [7, 11) is 1.46. The molecule has 0 radical (unpaired) electrons. The van der Waals surface area contributed by atoms with Crippen molar-refractivity contribution in [3.8, 4) is 0 Å². The second-order valence-corrected chi connectivity index (χ2v) is 4.23. The summed E-state index contributed by atoms with van der Waals surface area (Å²) in [6.45, 7) is 0.569. The Bertz CT molecular complexity index is 471. The highest BCUT2D eigenvalue weighted by molar-refractivity contribution is 5.37. The Kier molecular flexibility index (Phi) is 6.43. The van der Waals surface area contributed by atoms with Gasteiger partial charge in [0.15, 0.2) is 0 Å². The average Bonchev–Trinajstić information content (AvgIpc) is 2.36. The maximum Gasteiger partial charge on any atom is 0.305 e. The first-order chi connectivity index (χ1) is 9.45. The smallest absolute Gasteiger partial charge is 0.305 e. The molecule has 0 saturated heterocycles. The topological polar surface area (TPSA) is 84.6 Å². The van der Waals surface area contributed by atoms with E-state index in [1.54, 1.807) is 0 Å². The highest BCUT2D eigenvalue weighted by atomic mass is 19.1. The molecule has 0 saturated carbocycles. The van der Waals surface area contributed by atoms with Gasteiger partial charge in [0.2, 0.25) is 5.82 Å². The SMILES string of the molecule is COCC(O)CCNCc1cc([N+](=O)[O-])c(F)cc1F. The van der Waals surface area contributed by atoms with E-state index < -0.39 is 28.3 Å². The third-order valence-electron chi connectivity index (χ3n) is 2.64. The lowest BCUT2D eigenvalue weighted by molar-refractivity contribution is -0.387. The summed E-state index contributed by atoms with van der Waals surface area (Å²) in [5, 5.41) is 22.7. The Labute approximate surface area is 114 Å². The van der Waals surface area contributed by atoms with Gasteiger partial charge in [-0.1, -0.05) is 0 Å². The van der Waals surface area contributed by atoms with Crippen LogP contribution in [0.5, 0.6) is 0 Å². The largest absolute Gasteiger partial charge is 0.391 e. The van der Waals surface area contributed by atoms with E-state index >= 15 is 0 Å². The molecule has 0 aliphatic carbocycles. The fourth-order valence-electron chi connectivity index (χ4n) is 1.62. The minimum Gasteiger partial charge on any atom is -0.391 e. The number of nitro benzene ring substituents is 1. The predicted molar refractivity (Wildman–Crippen MR) is 67.2 cm³/mol. The maximum atomic E-state index is 13.4. The van der Waals surface area contributed by atoms with Crippen molar-refractivity contribution in [3.05, 3.63) is 39.4 Å². The summed E-state index contributed by atoms with van der Waals surface area (Å²) in [6, 6.07) is 1.36. The van der Waals surface area contributed by atoms with E-state index in [0.717, 1.165) is 6.07 Å². The first-order valence-electron chi connectivity index (χ1n) is 5.95. The van der Waals surface area contributed by atoms with Crippen LogP contribution in [0.15, 0.2) is 12.1 Å². The van der Waals surface area contributed by atoms with Crippen LogP contribution < -0.4 is 5.32 Å². The van der Waals surface area contributed by atoms with Crippen molar-refractivity contribution in [2.75, 3.05) is 20.3 Å². The third kappa shape index (κ3) is 4.80. The van der Waals surface area contributed by atoms with Crippen LogP contribution in [0.1, 0.15) is 12.0 Å². The number of rotatable bonds is 8. The van der Waals surface area contributed by atoms with Crippen LogP contribution in [0.3, 0.4) is 0 Å². The van der Waals surface area contributed by atoms with Crippen molar-refractivity contribution in [2.45, 2.75) is 19.1 Å². The number of aliphatic hydroxyl groups is 1. The van der Waals surface area contributed by atoms with E-state index in [2.05, 4.69) is 5.32 Å². The third-order valence-corrected chi connectivity index (χ3v) is 2.64. The van der Waals surface area contributed by atoms with Crippen molar-refractivity contribution in [1.82, 2.24) is 5.32 Å². The molecule has 1 atom stereocenters. The quantitative estimate of drug-likeness (QED) is 0.429. The van der Waals surface area contributed by atoms with Gasteiger partial charge in [0, 0.05) is 31.4 Å². The Morgan fingerprint density at radius 1 is 1.45 bits per heavy atom. The van der Waals surface area contributed by atoms with Gasteiger partial charge in [-0.2, -0.15) is 4.39 Å². The zero-order chi connectivity index (χ0) is 15.1.